The van der Waals surface area contributed by atoms with E-state index in [1.54, 1.807) is 0 Å². The Hall–Kier alpha value is -1.14. The lowest BCUT2D eigenvalue weighted by atomic mass is 9.90. The fraction of sp³-hybridized carbons (Fsp3) is 0.833. The average Bonchev–Trinajstić information content (AvgIpc) is 2.28. The van der Waals surface area contributed by atoms with Crippen LogP contribution in [0, 0.1) is 0 Å². The van der Waals surface area contributed by atoms with Gasteiger partial charge in [0.05, 0.1) is 5.54 Å². The molecule has 104 valence electrons. The third-order valence-electron chi connectivity index (χ3n) is 2.92. The van der Waals surface area contributed by atoms with Gasteiger partial charge in [0.15, 0.2) is 0 Å². The zero-order valence-electron chi connectivity index (χ0n) is 11.1. The molecule has 1 saturated heterocycles. The number of nitrogens with one attached hydrogen (secondary N) is 2. The first kappa shape index (κ1) is 14.9. The van der Waals surface area contributed by atoms with Gasteiger partial charge in [-0.3, -0.25) is 9.59 Å². The van der Waals surface area contributed by atoms with Crippen LogP contribution in [0.15, 0.2) is 0 Å². The molecule has 0 atom stereocenters. The Morgan fingerprint density at radius 3 is 2.50 bits per heavy atom. The summed E-state index contributed by atoms with van der Waals surface area (Å²) in [6, 6.07) is 0.115. The summed E-state index contributed by atoms with van der Waals surface area (Å²) in [6.45, 7) is 5.13. The lowest BCUT2D eigenvalue weighted by molar-refractivity contribution is -0.129. The number of carbonyl (C=O) groups excluding carboxylic acids is 2. The highest BCUT2D eigenvalue weighted by molar-refractivity contribution is 5.86. The Bertz CT molecular complexity index is 299. The van der Waals surface area contributed by atoms with Crippen LogP contribution in [-0.4, -0.2) is 43.2 Å². The van der Waals surface area contributed by atoms with Gasteiger partial charge in [-0.25, -0.2) is 0 Å². The van der Waals surface area contributed by atoms with Gasteiger partial charge in [0, 0.05) is 32.2 Å². The molecule has 6 nitrogen and oxygen atoms in total. The Morgan fingerprint density at radius 2 is 1.94 bits per heavy atom. The fourth-order valence-electron chi connectivity index (χ4n) is 1.82. The molecule has 0 aliphatic carbocycles. The third-order valence-corrected chi connectivity index (χ3v) is 2.92. The molecular weight excluding hydrogens is 234 g/mol. The molecule has 1 fully saturated rings. The van der Waals surface area contributed by atoms with Crippen LogP contribution in [-0.2, 0) is 14.3 Å². The van der Waals surface area contributed by atoms with Crippen molar-refractivity contribution >= 4 is 11.8 Å². The van der Waals surface area contributed by atoms with Crippen molar-refractivity contribution in [2.45, 2.75) is 44.7 Å². The third kappa shape index (κ3) is 4.62. The van der Waals surface area contributed by atoms with E-state index in [2.05, 4.69) is 10.6 Å². The van der Waals surface area contributed by atoms with Crippen LogP contribution < -0.4 is 16.4 Å². The van der Waals surface area contributed by atoms with Gasteiger partial charge in [0.1, 0.15) is 0 Å². The summed E-state index contributed by atoms with van der Waals surface area (Å²) in [5, 5.41) is 5.48. The van der Waals surface area contributed by atoms with Crippen LogP contribution in [0.5, 0.6) is 0 Å². The number of nitrogens with two attached hydrogens (primary N) is 1. The van der Waals surface area contributed by atoms with Crippen LogP contribution in [0.2, 0.25) is 0 Å². The number of hydrogen-bond acceptors (Lipinski definition) is 4. The second-order valence-corrected chi connectivity index (χ2v) is 5.00. The lowest BCUT2D eigenvalue weighted by Gasteiger charge is -2.31. The van der Waals surface area contributed by atoms with Crippen LogP contribution in [0.1, 0.15) is 33.1 Å². The van der Waals surface area contributed by atoms with Gasteiger partial charge in [-0.1, -0.05) is 0 Å². The van der Waals surface area contributed by atoms with E-state index in [1.165, 1.54) is 0 Å². The molecule has 18 heavy (non-hydrogen) atoms. The van der Waals surface area contributed by atoms with Crippen LogP contribution in [0.4, 0.5) is 0 Å². The zero-order chi connectivity index (χ0) is 13.6. The predicted octanol–water partition coefficient (Wildman–Crippen LogP) is -0.475. The summed E-state index contributed by atoms with van der Waals surface area (Å²) in [4.78, 5) is 23.3. The first-order valence-electron chi connectivity index (χ1n) is 6.38. The van der Waals surface area contributed by atoms with Crippen molar-refractivity contribution in [3.05, 3.63) is 0 Å². The fourth-order valence-corrected chi connectivity index (χ4v) is 1.82. The van der Waals surface area contributed by atoms with Gasteiger partial charge in [-0.15, -0.1) is 0 Å². The Kier molecular flexibility index (Phi) is 5.55. The van der Waals surface area contributed by atoms with Crippen molar-refractivity contribution in [1.29, 1.82) is 0 Å². The zero-order valence-corrected chi connectivity index (χ0v) is 11.1. The minimum atomic E-state index is -0.841. The molecular formula is C12H23N3O3. The summed E-state index contributed by atoms with van der Waals surface area (Å²) in [5.74, 6) is -0.258. The van der Waals surface area contributed by atoms with Gasteiger partial charge < -0.3 is 21.1 Å². The molecule has 1 aliphatic heterocycles. The second kappa shape index (κ2) is 6.70. The number of ether oxygens (including phenoxy) is 1. The van der Waals surface area contributed by atoms with Crippen molar-refractivity contribution < 1.29 is 14.3 Å². The Morgan fingerprint density at radius 1 is 1.33 bits per heavy atom. The summed E-state index contributed by atoms with van der Waals surface area (Å²) < 4.78 is 5.18. The first-order valence-corrected chi connectivity index (χ1v) is 6.38. The van der Waals surface area contributed by atoms with E-state index in [4.69, 9.17) is 10.5 Å². The Labute approximate surface area is 108 Å². The minimum absolute atomic E-state index is 0.0663. The quantitative estimate of drug-likeness (QED) is 0.620. The number of rotatable bonds is 5. The van der Waals surface area contributed by atoms with E-state index in [9.17, 15) is 9.59 Å². The van der Waals surface area contributed by atoms with Gasteiger partial charge in [0.25, 0.3) is 0 Å². The average molecular weight is 257 g/mol. The molecule has 0 aromatic rings. The molecule has 1 rings (SSSR count). The van der Waals surface area contributed by atoms with Gasteiger partial charge in [-0.05, 0) is 26.7 Å². The lowest BCUT2D eigenvalue weighted by Crippen LogP contribution is -2.57. The minimum Gasteiger partial charge on any atom is -0.381 e. The maximum absolute atomic E-state index is 11.9. The van der Waals surface area contributed by atoms with Crippen molar-refractivity contribution in [2.75, 3.05) is 19.8 Å². The normalized spacial score (nSPS) is 18.4. The number of carbonyl (C=O) groups is 2. The van der Waals surface area contributed by atoms with Crippen LogP contribution in [0.3, 0.4) is 0 Å². The monoisotopic (exact) mass is 257 g/mol. The molecule has 0 bridgehead atoms. The molecule has 1 aliphatic rings. The molecule has 0 unspecified atom stereocenters. The van der Waals surface area contributed by atoms with Crippen molar-refractivity contribution in [3.8, 4) is 0 Å². The van der Waals surface area contributed by atoms with Gasteiger partial charge >= 0.3 is 0 Å². The van der Waals surface area contributed by atoms with E-state index in [1.807, 2.05) is 13.8 Å². The number of amides is 2. The molecule has 2 amide bonds. The van der Waals surface area contributed by atoms with Crippen molar-refractivity contribution in [2.24, 2.45) is 5.73 Å². The number of hydrogen-bond donors (Lipinski definition) is 3. The summed E-state index contributed by atoms with van der Waals surface area (Å²) in [5.41, 5.74) is 5.17. The molecule has 0 saturated carbocycles. The van der Waals surface area contributed by atoms with E-state index < -0.39 is 5.54 Å². The molecule has 4 N–H and O–H groups in total. The summed E-state index contributed by atoms with van der Waals surface area (Å²) in [7, 11) is 0. The molecule has 6 heteroatoms. The molecule has 0 radical (unpaired) electrons. The maximum atomic E-state index is 11.9. The topological polar surface area (TPSA) is 93.5 Å². The van der Waals surface area contributed by atoms with E-state index in [0.717, 1.165) is 0 Å². The van der Waals surface area contributed by atoms with Crippen molar-refractivity contribution in [3.63, 3.8) is 0 Å². The highest BCUT2D eigenvalue weighted by Gasteiger charge is 2.35. The summed E-state index contributed by atoms with van der Waals surface area (Å²) >= 11 is 0. The molecule has 0 aromatic carbocycles. The van der Waals surface area contributed by atoms with Gasteiger partial charge in [-0.2, -0.15) is 0 Å². The van der Waals surface area contributed by atoms with E-state index in [0.29, 0.717) is 32.6 Å². The first-order chi connectivity index (χ1) is 8.44. The highest BCUT2D eigenvalue weighted by Crippen LogP contribution is 2.17. The molecule has 0 aromatic heterocycles. The largest absolute Gasteiger partial charge is 0.381 e. The van der Waals surface area contributed by atoms with Crippen LogP contribution >= 0.6 is 0 Å². The van der Waals surface area contributed by atoms with Gasteiger partial charge in [0.2, 0.25) is 11.8 Å². The van der Waals surface area contributed by atoms with E-state index in [-0.39, 0.29) is 24.3 Å². The molecule has 0 spiro atoms. The molecule has 1 heterocycles. The SMILES string of the molecule is CC(C)NC(=O)CCNC(=O)C1(N)CCOCC1. The summed E-state index contributed by atoms with van der Waals surface area (Å²) in [6.07, 6.45) is 1.32. The highest BCUT2D eigenvalue weighted by atomic mass is 16.5. The maximum Gasteiger partial charge on any atom is 0.240 e. The van der Waals surface area contributed by atoms with Crippen LogP contribution in [0.25, 0.3) is 0 Å². The standard InChI is InChI=1S/C12H23N3O3/c1-9(2)15-10(16)3-6-14-11(17)12(13)4-7-18-8-5-12/h9H,3-8,13H2,1-2H3,(H,14,17)(H,15,16). The predicted molar refractivity (Wildman–Crippen MR) is 67.9 cm³/mol. The second-order valence-electron chi connectivity index (χ2n) is 5.00. The Balaban J connectivity index is 2.26. The van der Waals surface area contributed by atoms with Crippen molar-refractivity contribution in [1.82, 2.24) is 10.6 Å². The van der Waals surface area contributed by atoms with E-state index >= 15 is 0 Å². The smallest absolute Gasteiger partial charge is 0.240 e.